The zero-order valence-electron chi connectivity index (χ0n) is 68.6. The Morgan fingerprint density at radius 2 is 1.18 bits per heavy atom. The molecule has 0 bridgehead atoms. The van der Waals surface area contributed by atoms with Gasteiger partial charge in [-0.15, -0.1) is 0 Å². The topological polar surface area (TPSA) is 440 Å². The van der Waals surface area contributed by atoms with Crippen molar-refractivity contribution in [2.75, 3.05) is 59.4 Å². The van der Waals surface area contributed by atoms with E-state index in [1.807, 2.05) is 41.3 Å². The molecule has 13 atom stereocenters. The molecule has 120 heavy (non-hydrogen) atoms. The molecule has 640 valence electrons. The number of guanidine groups is 1. The Labute approximate surface area is 699 Å². The summed E-state index contributed by atoms with van der Waals surface area (Å²) >= 11 is 0. The van der Waals surface area contributed by atoms with Crippen molar-refractivity contribution in [3.05, 3.63) is 209 Å². The molecule has 2 aliphatic heterocycles. The second kappa shape index (κ2) is 43.9. The molecule has 8 aromatic rings. The van der Waals surface area contributed by atoms with E-state index in [0.29, 0.717) is 79.5 Å². The molecule has 1 aliphatic carbocycles. The lowest BCUT2D eigenvalue weighted by Gasteiger charge is -2.46. The van der Waals surface area contributed by atoms with E-state index in [1.54, 1.807) is 85.9 Å². The smallest absolute Gasteiger partial charge is 0.245 e. The highest BCUT2D eigenvalue weighted by molar-refractivity contribution is 5.99. The Balaban J connectivity index is 0.901. The number of likely N-dealkylation sites (tertiary alicyclic amines) is 1. The molecule has 2 aromatic heterocycles. The first-order chi connectivity index (χ1) is 57.9. The van der Waals surface area contributed by atoms with Crippen LogP contribution in [0.3, 0.4) is 0 Å². The number of amides is 9. The number of rotatable bonds is 29. The van der Waals surface area contributed by atoms with E-state index in [0.717, 1.165) is 41.4 Å². The van der Waals surface area contributed by atoms with Crippen LogP contribution in [-0.2, 0) is 81.7 Å². The summed E-state index contributed by atoms with van der Waals surface area (Å²) < 4.78 is 14.4. The number of nitrogens with one attached hydrogen (secondary N) is 14. The van der Waals surface area contributed by atoms with Crippen LogP contribution in [0.25, 0.3) is 21.8 Å². The predicted molar refractivity (Wildman–Crippen MR) is 458 cm³/mol. The minimum Gasteiger partial charge on any atom is -0.508 e. The Bertz CT molecular complexity index is 4760. The Morgan fingerprint density at radius 1 is 0.617 bits per heavy atom. The number of phenols is 1. The van der Waals surface area contributed by atoms with E-state index in [4.69, 9.17) is 16.9 Å². The quantitative estimate of drug-likeness (QED) is 0.0177. The van der Waals surface area contributed by atoms with Crippen LogP contribution in [0.4, 0.5) is 4.39 Å². The zero-order valence-corrected chi connectivity index (χ0v) is 68.6. The summed E-state index contributed by atoms with van der Waals surface area (Å²) in [6.07, 6.45) is 6.05. The molecule has 30 heteroatoms. The van der Waals surface area contributed by atoms with Gasteiger partial charge in [-0.25, -0.2) is 4.39 Å². The molecule has 2 saturated heterocycles. The standard InChI is InChI=1S/C90H117FN18O11/c1-55(110)81-89(120)106-75(47-60-30-34-64(91)35-31-60)82(113)96-39-15-13-26-72(100-52-65(43-59-32-36-66(112)37-33-59)95-41-18-42-109(56(2)111)54-61-44-69-68-24-16-28-71-80(68)63(51-99-71)49-79(69)108(3)53-61)83(114)101-74(29-17-40-97-90(93)94)84(115)103-76(45-57-19-6-4-7-20-57)86(117)104-77(46-58-21-8-5-9-22-58)87(118)105-78(48-62-50-98-70-25-11-10-23-67(62)70)88(119)102-73(85(116)107-81)27-12-14-38-92/h4-11,16,19-25,28,30-37,50-51,55,61,65,69,72-79,81,95,98-100,110,112H,12-15,17-18,26-27,29,38-49,52-54,92H2,1-3H3,(H,96,113)(H,101,114)(H,102,119)(H,103,115)(H,104,117)(H,105,118)(H,106,120)(H,107,116)(H4,93,94,97)/t55-,61-,65-,69-,72-,73+,74+,75+,76+,77+,78-,79-,81+/m1/s1. The van der Waals surface area contributed by atoms with Gasteiger partial charge >= 0.3 is 0 Å². The van der Waals surface area contributed by atoms with Crippen LogP contribution in [0.1, 0.15) is 123 Å². The number of hydrogen-bond donors (Lipinski definition) is 18. The fourth-order valence-electron chi connectivity index (χ4n) is 16.8. The number of nitrogens with zero attached hydrogens (tertiary/aromatic N) is 2. The van der Waals surface area contributed by atoms with E-state index in [9.17, 15) is 33.8 Å². The lowest BCUT2D eigenvalue weighted by Crippen LogP contribution is -2.62. The van der Waals surface area contributed by atoms with Crippen molar-refractivity contribution in [1.29, 1.82) is 5.41 Å². The number of benzene rings is 6. The minimum atomic E-state index is -1.72. The number of carbonyl (C=O) groups excluding carboxylic acids is 9. The number of nitrogens with two attached hydrogens (primary N) is 2. The van der Waals surface area contributed by atoms with E-state index in [1.165, 1.54) is 47.7 Å². The lowest BCUT2D eigenvalue weighted by molar-refractivity contribution is -0.136. The minimum absolute atomic E-state index is 0.00250. The van der Waals surface area contributed by atoms with Gasteiger partial charge in [0.25, 0.3) is 0 Å². The highest BCUT2D eigenvalue weighted by atomic mass is 19.1. The number of aromatic hydroxyl groups is 1. The van der Waals surface area contributed by atoms with Crippen molar-refractivity contribution >= 4 is 80.9 Å². The number of fused-ring (bicyclic) bond motifs is 3. The third kappa shape index (κ3) is 25.5. The van der Waals surface area contributed by atoms with E-state index in [2.05, 4.69) is 105 Å². The molecule has 0 unspecified atom stereocenters. The highest BCUT2D eigenvalue weighted by Crippen LogP contribution is 2.44. The number of likely N-dealkylation sites (N-methyl/N-ethyl adjacent to an activating group) is 1. The van der Waals surface area contributed by atoms with Gasteiger partial charge in [0.15, 0.2) is 5.96 Å². The van der Waals surface area contributed by atoms with Gasteiger partial charge in [-0.05, 0) is 185 Å². The first kappa shape index (κ1) is 89.2. The van der Waals surface area contributed by atoms with Gasteiger partial charge in [0.05, 0.1) is 12.1 Å². The normalized spacial score (nSPS) is 22.8. The van der Waals surface area contributed by atoms with Gasteiger partial charge in [0.1, 0.15) is 53.9 Å². The summed E-state index contributed by atoms with van der Waals surface area (Å²) in [5.41, 5.74) is 19.4. The first-order valence-corrected chi connectivity index (χ1v) is 42.0. The van der Waals surface area contributed by atoms with E-state index < -0.39 is 108 Å². The molecular formula is C90H117FN18O11. The summed E-state index contributed by atoms with van der Waals surface area (Å²) in [4.78, 5) is 146. The third-order valence-electron chi connectivity index (χ3n) is 23.1. The molecule has 6 aromatic carbocycles. The number of H-pyrrole nitrogens is 2. The molecule has 3 aliphatic rings. The van der Waals surface area contributed by atoms with Crippen molar-refractivity contribution in [3.63, 3.8) is 0 Å². The molecule has 0 radical (unpaired) electrons. The number of aromatic nitrogens is 2. The summed E-state index contributed by atoms with van der Waals surface area (Å²) in [7, 11) is 2.18. The number of aliphatic hydroxyl groups excluding tert-OH is 1. The first-order valence-electron chi connectivity index (χ1n) is 42.0. The summed E-state index contributed by atoms with van der Waals surface area (Å²) in [6.45, 7) is 5.75. The highest BCUT2D eigenvalue weighted by Gasteiger charge is 2.42. The molecule has 2 fully saturated rings. The van der Waals surface area contributed by atoms with Crippen molar-refractivity contribution in [2.24, 2.45) is 17.4 Å². The molecule has 11 rings (SSSR count). The van der Waals surface area contributed by atoms with Gasteiger partial charge in [0.2, 0.25) is 53.2 Å². The second-order valence-electron chi connectivity index (χ2n) is 32.2. The van der Waals surface area contributed by atoms with Crippen LogP contribution in [0.5, 0.6) is 5.75 Å². The average molecular weight is 1650 g/mol. The van der Waals surface area contributed by atoms with E-state index >= 15 is 24.0 Å². The van der Waals surface area contributed by atoms with Crippen LogP contribution in [0.15, 0.2) is 164 Å². The largest absolute Gasteiger partial charge is 0.508 e. The Morgan fingerprint density at radius 3 is 1.83 bits per heavy atom. The molecule has 0 saturated carbocycles. The number of piperidine rings is 1. The molecule has 9 amide bonds. The summed E-state index contributed by atoms with van der Waals surface area (Å²) in [6, 6.07) is 32.4. The maximum atomic E-state index is 15.5. The molecular weight excluding hydrogens is 1530 g/mol. The van der Waals surface area contributed by atoms with Gasteiger partial charge < -0.3 is 99.9 Å². The lowest BCUT2D eigenvalue weighted by atomic mass is 9.72. The fourth-order valence-corrected chi connectivity index (χ4v) is 16.8. The number of halogens is 1. The van der Waals surface area contributed by atoms with Gasteiger partial charge in [-0.3, -0.25) is 48.6 Å². The Hall–Kier alpha value is -11.6. The molecule has 4 heterocycles. The number of carbonyl (C=O) groups is 9. The number of aliphatic hydroxyl groups is 1. The fraction of sp³-hybridized carbons (Fsp3) is 0.444. The number of unbranched alkanes of at least 4 members (excludes halogenated alkanes) is 1. The van der Waals surface area contributed by atoms with Crippen molar-refractivity contribution in [1.82, 2.24) is 78.3 Å². The van der Waals surface area contributed by atoms with Crippen molar-refractivity contribution in [2.45, 2.75) is 189 Å². The van der Waals surface area contributed by atoms with Crippen molar-refractivity contribution in [3.8, 4) is 5.75 Å². The maximum Gasteiger partial charge on any atom is 0.245 e. The SMILES string of the molecule is CC(=O)N(CCCN[C@@H](CN[C@@H]1CCCCNC(=O)[C@H](Cc2ccc(F)cc2)NC(=O)[C@H]([C@@H](C)O)NC(=O)[C@H](CCCCN)NC(=O)[C@@H](Cc2c[nH]c3ccccc23)NC(=O)[C@H](Cc2ccccc2)NC(=O)[C@H](Cc2ccccc2)NC(=O)[C@H](CCCNC(=N)N)NC1=O)Cc1ccc(O)cc1)C[C@@H]1C[C@@H]2c3cccc4[nH]cc(c34)C[C@H]2N(C)C1. The Kier molecular flexibility index (Phi) is 32.7. The predicted octanol–water partition coefficient (Wildman–Crippen LogP) is 4.29. The molecule has 20 N–H and O–H groups in total. The van der Waals surface area contributed by atoms with Gasteiger partial charge in [-0.2, -0.15) is 0 Å². The summed E-state index contributed by atoms with van der Waals surface area (Å²) in [5, 5.41) is 64.6. The van der Waals surface area contributed by atoms with E-state index in [-0.39, 0.29) is 120 Å². The summed E-state index contributed by atoms with van der Waals surface area (Å²) in [5.74, 6) is -6.68. The number of hydrogen-bond acceptors (Lipinski definition) is 16. The van der Waals surface area contributed by atoms with Crippen LogP contribution < -0.4 is 70.0 Å². The van der Waals surface area contributed by atoms with Crippen LogP contribution in [0.2, 0.25) is 0 Å². The second-order valence-corrected chi connectivity index (χ2v) is 32.2. The van der Waals surface area contributed by atoms with Crippen molar-refractivity contribution < 1.29 is 57.8 Å². The number of phenolic OH excluding ortho intramolecular Hbond substituents is 1. The monoisotopic (exact) mass is 1640 g/mol. The third-order valence-corrected chi connectivity index (χ3v) is 23.1. The number of aromatic amines is 2. The van der Waals surface area contributed by atoms with Crippen LogP contribution in [0, 0.1) is 17.1 Å². The van der Waals surface area contributed by atoms with Gasteiger partial charge in [0, 0.05) is 124 Å². The molecule has 29 nitrogen and oxygen atoms in total. The average Bonchev–Trinajstić information content (AvgIpc) is 1.55. The van der Waals surface area contributed by atoms with Gasteiger partial charge in [-0.1, -0.05) is 115 Å². The van der Waals surface area contributed by atoms with Crippen LogP contribution in [-0.4, -0.2) is 215 Å². The number of para-hydroxylation sites is 1. The maximum absolute atomic E-state index is 15.5. The molecule has 0 spiro atoms. The van der Waals surface area contributed by atoms with Crippen LogP contribution >= 0.6 is 0 Å². The zero-order chi connectivity index (χ0) is 85.2.